The first-order valence-electron chi connectivity index (χ1n) is 11.2. The van der Waals surface area contributed by atoms with Gasteiger partial charge in [-0.2, -0.15) is 0 Å². The van der Waals surface area contributed by atoms with Crippen LogP contribution in [0.5, 0.6) is 0 Å². The third kappa shape index (κ3) is 7.54. The molecule has 0 spiro atoms. The van der Waals surface area contributed by atoms with Crippen molar-refractivity contribution in [1.82, 2.24) is 20.9 Å². The number of amides is 4. The van der Waals surface area contributed by atoms with Gasteiger partial charge in [-0.3, -0.25) is 19.2 Å². The number of benzene rings is 1. The van der Waals surface area contributed by atoms with Crippen molar-refractivity contribution < 1.29 is 29.1 Å². The van der Waals surface area contributed by atoms with Crippen LogP contribution in [-0.2, 0) is 30.4 Å². The molecular weight excluding hydrogens is 456 g/mol. The summed E-state index contributed by atoms with van der Waals surface area (Å²) in [6.07, 6.45) is 1.74. The molecule has 4 amide bonds. The van der Waals surface area contributed by atoms with E-state index in [1.807, 2.05) is 24.3 Å². The molecule has 190 valence electrons. The maximum Gasteiger partial charge on any atom is 0.326 e. The van der Waals surface area contributed by atoms with Gasteiger partial charge in [-0.25, -0.2) is 4.79 Å². The molecule has 0 bridgehead atoms. The van der Waals surface area contributed by atoms with Gasteiger partial charge < -0.3 is 37.5 Å². The van der Waals surface area contributed by atoms with Crippen molar-refractivity contribution in [1.29, 1.82) is 0 Å². The van der Waals surface area contributed by atoms with E-state index in [-0.39, 0.29) is 18.9 Å². The van der Waals surface area contributed by atoms with Gasteiger partial charge in [0, 0.05) is 23.5 Å². The zero-order chi connectivity index (χ0) is 26.1. The van der Waals surface area contributed by atoms with E-state index in [4.69, 9.17) is 11.5 Å². The van der Waals surface area contributed by atoms with Crippen molar-refractivity contribution in [2.75, 3.05) is 6.54 Å². The number of aromatic nitrogens is 1. The molecule has 4 unspecified atom stereocenters. The molecule has 2 aromatic rings. The molecule has 12 heteroatoms. The number of fused-ring (bicyclic) bond motifs is 1. The molecule has 9 N–H and O–H groups in total. The zero-order valence-electron chi connectivity index (χ0n) is 19.7. The van der Waals surface area contributed by atoms with Gasteiger partial charge in [-0.1, -0.05) is 38.5 Å². The van der Waals surface area contributed by atoms with Crippen molar-refractivity contribution >= 4 is 40.5 Å². The second-order valence-corrected chi connectivity index (χ2v) is 8.33. The van der Waals surface area contributed by atoms with Gasteiger partial charge >= 0.3 is 5.97 Å². The molecule has 1 aromatic heterocycles. The maximum absolute atomic E-state index is 13.2. The van der Waals surface area contributed by atoms with Gasteiger partial charge in [0.25, 0.3) is 0 Å². The Labute approximate surface area is 202 Å². The molecule has 35 heavy (non-hydrogen) atoms. The Balaban J connectivity index is 2.26. The van der Waals surface area contributed by atoms with Gasteiger partial charge in [-0.05, 0) is 17.5 Å². The van der Waals surface area contributed by atoms with E-state index in [1.165, 1.54) is 0 Å². The number of primary amides is 1. The standard InChI is InChI=1S/C23H32N6O6/c1-3-12(2)20(22(33)28-17(23(34)35)9-18(25)30)29-21(32)16(27-19(31)10-24)8-13-11-26-15-7-5-4-6-14(13)15/h4-7,11-12,16-17,20,26H,3,8-10,24H2,1-2H3,(H2,25,30)(H,27,31)(H,28,33)(H,29,32)(H,34,35). The SMILES string of the molecule is CCC(C)C(NC(=O)C(Cc1c[nH]c2ccccc12)NC(=O)CN)C(=O)NC(CC(N)=O)C(=O)O. The third-order valence-corrected chi connectivity index (χ3v) is 5.75. The highest BCUT2D eigenvalue weighted by molar-refractivity contribution is 5.95. The molecule has 0 aliphatic heterocycles. The first kappa shape index (κ1) is 27.3. The summed E-state index contributed by atoms with van der Waals surface area (Å²) in [7, 11) is 0. The average molecular weight is 489 g/mol. The van der Waals surface area contributed by atoms with E-state index in [9.17, 15) is 29.1 Å². The first-order chi connectivity index (χ1) is 16.6. The average Bonchev–Trinajstić information content (AvgIpc) is 3.23. The minimum absolute atomic E-state index is 0.121. The quantitative estimate of drug-likeness (QED) is 0.189. The van der Waals surface area contributed by atoms with E-state index in [0.29, 0.717) is 6.42 Å². The summed E-state index contributed by atoms with van der Waals surface area (Å²) < 4.78 is 0. The molecule has 0 saturated heterocycles. The van der Waals surface area contributed by atoms with Crippen LogP contribution in [0.1, 0.15) is 32.3 Å². The highest BCUT2D eigenvalue weighted by atomic mass is 16.4. The van der Waals surface area contributed by atoms with E-state index in [2.05, 4.69) is 20.9 Å². The maximum atomic E-state index is 13.2. The van der Waals surface area contributed by atoms with Crippen LogP contribution in [0.25, 0.3) is 10.9 Å². The number of hydrogen-bond acceptors (Lipinski definition) is 6. The molecule has 1 heterocycles. The lowest BCUT2D eigenvalue weighted by molar-refractivity contribution is -0.144. The minimum atomic E-state index is -1.54. The molecule has 4 atom stereocenters. The van der Waals surface area contributed by atoms with Crippen LogP contribution in [0.2, 0.25) is 0 Å². The molecule has 0 fully saturated rings. The number of rotatable bonds is 13. The van der Waals surface area contributed by atoms with Crippen LogP contribution in [0.3, 0.4) is 0 Å². The van der Waals surface area contributed by atoms with E-state index in [0.717, 1.165) is 16.5 Å². The van der Waals surface area contributed by atoms with Crippen LogP contribution in [0.15, 0.2) is 30.5 Å². The molecule has 0 radical (unpaired) electrons. The summed E-state index contributed by atoms with van der Waals surface area (Å²) in [5.74, 6) is -4.69. The van der Waals surface area contributed by atoms with Crippen LogP contribution in [0.4, 0.5) is 0 Å². The smallest absolute Gasteiger partial charge is 0.326 e. The predicted molar refractivity (Wildman–Crippen MR) is 128 cm³/mol. The number of nitrogens with one attached hydrogen (secondary N) is 4. The van der Waals surface area contributed by atoms with Crippen LogP contribution in [-0.4, -0.2) is 64.4 Å². The fourth-order valence-electron chi connectivity index (χ4n) is 3.60. The van der Waals surface area contributed by atoms with Crippen LogP contribution < -0.4 is 27.4 Å². The number of carboxylic acids is 1. The van der Waals surface area contributed by atoms with E-state index >= 15 is 0 Å². The second-order valence-electron chi connectivity index (χ2n) is 8.33. The fraction of sp³-hybridized carbons (Fsp3) is 0.435. The van der Waals surface area contributed by atoms with Crippen molar-refractivity contribution in [3.63, 3.8) is 0 Å². The monoisotopic (exact) mass is 488 g/mol. The van der Waals surface area contributed by atoms with Crippen molar-refractivity contribution in [2.24, 2.45) is 17.4 Å². The highest BCUT2D eigenvalue weighted by Gasteiger charge is 2.33. The van der Waals surface area contributed by atoms with E-state index in [1.54, 1.807) is 20.0 Å². The fourth-order valence-corrected chi connectivity index (χ4v) is 3.60. The van der Waals surface area contributed by atoms with Crippen molar-refractivity contribution in [3.8, 4) is 0 Å². The summed E-state index contributed by atoms with van der Waals surface area (Å²) in [6, 6.07) is 3.75. The molecule has 12 nitrogen and oxygen atoms in total. The molecule has 0 aliphatic carbocycles. The highest BCUT2D eigenvalue weighted by Crippen LogP contribution is 2.19. The predicted octanol–water partition coefficient (Wildman–Crippen LogP) is -0.870. The van der Waals surface area contributed by atoms with Gasteiger partial charge in [0.1, 0.15) is 18.1 Å². The Morgan fingerprint density at radius 1 is 1.03 bits per heavy atom. The Kier molecular flexibility index (Phi) is 9.76. The topological polar surface area (TPSA) is 210 Å². The lowest BCUT2D eigenvalue weighted by Crippen LogP contribution is -2.58. The third-order valence-electron chi connectivity index (χ3n) is 5.75. The number of H-pyrrole nitrogens is 1. The first-order valence-corrected chi connectivity index (χ1v) is 11.2. The number of carbonyl (C=O) groups excluding carboxylic acids is 4. The zero-order valence-corrected chi connectivity index (χ0v) is 19.7. The van der Waals surface area contributed by atoms with Gasteiger partial charge in [0.15, 0.2) is 0 Å². The van der Waals surface area contributed by atoms with Crippen molar-refractivity contribution in [2.45, 2.75) is 51.2 Å². The number of carbonyl (C=O) groups is 5. The molecule has 0 saturated carbocycles. The Bertz CT molecular complexity index is 1080. The molecule has 1 aromatic carbocycles. The lowest BCUT2D eigenvalue weighted by Gasteiger charge is -2.27. The second kappa shape index (κ2) is 12.5. The van der Waals surface area contributed by atoms with Crippen LogP contribution >= 0.6 is 0 Å². The Morgan fingerprint density at radius 3 is 2.31 bits per heavy atom. The number of nitrogens with two attached hydrogens (primary N) is 2. The number of carboxylic acid groups (broad SMARTS) is 1. The Morgan fingerprint density at radius 2 is 1.71 bits per heavy atom. The number of para-hydroxylation sites is 1. The van der Waals surface area contributed by atoms with Crippen LogP contribution in [0, 0.1) is 5.92 Å². The summed E-state index contributed by atoms with van der Waals surface area (Å²) in [5.41, 5.74) is 12.1. The summed E-state index contributed by atoms with van der Waals surface area (Å²) >= 11 is 0. The van der Waals surface area contributed by atoms with Crippen molar-refractivity contribution in [3.05, 3.63) is 36.0 Å². The number of aromatic amines is 1. The minimum Gasteiger partial charge on any atom is -0.480 e. The molecule has 0 aliphatic rings. The largest absolute Gasteiger partial charge is 0.480 e. The number of aliphatic carboxylic acids is 1. The van der Waals surface area contributed by atoms with Gasteiger partial charge in [0.2, 0.25) is 23.6 Å². The summed E-state index contributed by atoms with van der Waals surface area (Å²) in [6.45, 7) is 3.18. The van der Waals surface area contributed by atoms with Gasteiger partial charge in [-0.15, -0.1) is 0 Å². The molecule has 2 rings (SSSR count). The molecular formula is C23H32N6O6. The summed E-state index contributed by atoms with van der Waals surface area (Å²) in [5, 5.41) is 17.6. The number of hydrogen-bond donors (Lipinski definition) is 7. The summed E-state index contributed by atoms with van der Waals surface area (Å²) in [4.78, 5) is 63.9. The normalized spacial score (nSPS) is 14.4. The lowest BCUT2D eigenvalue weighted by atomic mass is 9.96. The Hall–Kier alpha value is -3.93. The van der Waals surface area contributed by atoms with E-state index < -0.39 is 54.1 Å². The van der Waals surface area contributed by atoms with Gasteiger partial charge in [0.05, 0.1) is 13.0 Å².